The second-order valence-corrected chi connectivity index (χ2v) is 13.9. The average molecular weight is 381 g/mol. The fourth-order valence-electron chi connectivity index (χ4n) is 3.14. The summed E-state index contributed by atoms with van der Waals surface area (Å²) in [6.07, 6.45) is -1.52. The monoisotopic (exact) mass is 380 g/mol. The Kier molecular flexibility index (Phi) is 5.38. The molecular formula is C20H32O5Si. The fourth-order valence-corrected chi connectivity index (χ4v) is 4.52. The number of benzene rings is 1. The molecule has 5 atom stereocenters. The first-order chi connectivity index (χ1) is 12.0. The number of fused-ring (bicyclic) bond motifs is 1. The maximum atomic E-state index is 11.0. The van der Waals surface area contributed by atoms with Crippen molar-refractivity contribution in [3.63, 3.8) is 0 Å². The summed E-state index contributed by atoms with van der Waals surface area (Å²) >= 11 is 0. The van der Waals surface area contributed by atoms with Crippen molar-refractivity contribution in [2.24, 2.45) is 0 Å². The molecule has 0 radical (unpaired) electrons. The molecule has 2 aliphatic rings. The highest BCUT2D eigenvalue weighted by molar-refractivity contribution is 6.74. The van der Waals surface area contributed by atoms with Crippen LogP contribution in [0.1, 0.15) is 39.5 Å². The molecule has 0 amide bonds. The highest BCUT2D eigenvalue weighted by Gasteiger charge is 2.54. The number of hydrogen-bond donors (Lipinski definition) is 1. The van der Waals surface area contributed by atoms with E-state index in [0.29, 0.717) is 6.61 Å². The molecule has 146 valence electrons. The maximum absolute atomic E-state index is 11.0. The van der Waals surface area contributed by atoms with Crippen molar-refractivity contribution < 1.29 is 23.7 Å². The van der Waals surface area contributed by atoms with Gasteiger partial charge in [-0.15, -0.1) is 0 Å². The zero-order valence-electron chi connectivity index (χ0n) is 16.7. The summed E-state index contributed by atoms with van der Waals surface area (Å²) in [5.41, 5.74) is -0.142. The van der Waals surface area contributed by atoms with Gasteiger partial charge >= 0.3 is 0 Å². The van der Waals surface area contributed by atoms with E-state index in [4.69, 9.17) is 18.6 Å². The summed E-state index contributed by atoms with van der Waals surface area (Å²) in [6.45, 7) is 13.4. The van der Waals surface area contributed by atoms with E-state index in [1.807, 2.05) is 30.3 Å². The van der Waals surface area contributed by atoms with E-state index >= 15 is 0 Å². The first kappa shape index (κ1) is 20.0. The lowest BCUT2D eigenvalue weighted by molar-refractivity contribution is -0.326. The van der Waals surface area contributed by atoms with Crippen molar-refractivity contribution in [3.8, 4) is 0 Å². The van der Waals surface area contributed by atoms with Crippen LogP contribution in [0.15, 0.2) is 30.3 Å². The van der Waals surface area contributed by atoms with E-state index in [2.05, 4.69) is 33.9 Å². The SMILES string of the molecule is CC(C)(C)[Si](C)(C)O[C@H]1C2O[C@H](c3ccccc3)OC[C@H]2OC[C@]1(C)O. The smallest absolute Gasteiger partial charge is 0.192 e. The van der Waals surface area contributed by atoms with Crippen molar-refractivity contribution in [1.29, 1.82) is 0 Å². The van der Waals surface area contributed by atoms with Gasteiger partial charge in [0.2, 0.25) is 0 Å². The van der Waals surface area contributed by atoms with Crippen molar-refractivity contribution in [2.45, 2.75) is 76.0 Å². The minimum Gasteiger partial charge on any atom is -0.408 e. The van der Waals surface area contributed by atoms with Crippen molar-refractivity contribution >= 4 is 8.32 Å². The van der Waals surface area contributed by atoms with E-state index in [0.717, 1.165) is 5.56 Å². The molecule has 2 saturated heterocycles. The molecule has 0 aromatic heterocycles. The summed E-state index contributed by atoms with van der Waals surface area (Å²) in [6, 6.07) is 9.86. The van der Waals surface area contributed by atoms with Crippen LogP contribution in [-0.4, -0.2) is 50.6 Å². The first-order valence-electron chi connectivity index (χ1n) is 9.35. The number of aliphatic hydroxyl groups is 1. The van der Waals surface area contributed by atoms with Gasteiger partial charge in [-0.1, -0.05) is 51.1 Å². The molecular weight excluding hydrogens is 348 g/mol. The quantitative estimate of drug-likeness (QED) is 0.812. The van der Waals surface area contributed by atoms with E-state index in [1.165, 1.54) is 0 Å². The summed E-state index contributed by atoms with van der Waals surface area (Å²) in [7, 11) is -2.10. The molecule has 5 nitrogen and oxygen atoms in total. The van der Waals surface area contributed by atoms with Crippen LogP contribution in [0.5, 0.6) is 0 Å². The largest absolute Gasteiger partial charge is 0.408 e. The normalized spacial score (nSPS) is 35.8. The third-order valence-corrected chi connectivity index (χ3v) is 10.3. The van der Waals surface area contributed by atoms with Gasteiger partial charge in [0.15, 0.2) is 14.6 Å². The predicted molar refractivity (Wildman–Crippen MR) is 102 cm³/mol. The van der Waals surface area contributed by atoms with Crippen LogP contribution < -0.4 is 0 Å². The standard InChI is InChI=1S/C20H32O5Si/c1-19(2,3)26(5,6)25-17-16-15(23-13-20(17,4)21)12-22-18(24-16)14-10-8-7-9-11-14/h7-11,15-18,21H,12-13H2,1-6H3/t15-,16?,17+,18-,20+/m1/s1. The number of hydrogen-bond acceptors (Lipinski definition) is 5. The zero-order valence-corrected chi connectivity index (χ0v) is 17.7. The Hall–Kier alpha value is -0.763. The van der Waals surface area contributed by atoms with E-state index in [1.54, 1.807) is 6.92 Å². The molecule has 3 rings (SSSR count). The summed E-state index contributed by atoms with van der Waals surface area (Å²) < 4.78 is 24.6. The Bertz CT molecular complexity index is 610. The minimum atomic E-state index is -2.10. The van der Waals surface area contributed by atoms with Gasteiger partial charge in [-0.25, -0.2) is 0 Å². The molecule has 26 heavy (non-hydrogen) atoms. The van der Waals surface area contributed by atoms with Crippen LogP contribution in [0, 0.1) is 0 Å². The molecule has 6 heteroatoms. The van der Waals surface area contributed by atoms with Gasteiger partial charge < -0.3 is 23.7 Å². The van der Waals surface area contributed by atoms with Crippen LogP contribution in [0.2, 0.25) is 18.1 Å². The Morgan fingerprint density at radius 1 is 1.15 bits per heavy atom. The van der Waals surface area contributed by atoms with Crippen molar-refractivity contribution in [1.82, 2.24) is 0 Å². The highest BCUT2D eigenvalue weighted by Crippen LogP contribution is 2.42. The third-order valence-electron chi connectivity index (χ3n) is 5.86. The van der Waals surface area contributed by atoms with Gasteiger partial charge in [-0.2, -0.15) is 0 Å². The Labute approximate surface area is 157 Å². The molecule has 0 spiro atoms. The molecule has 1 aromatic carbocycles. The Morgan fingerprint density at radius 2 is 1.81 bits per heavy atom. The summed E-state index contributed by atoms with van der Waals surface area (Å²) in [4.78, 5) is 0. The lowest BCUT2D eigenvalue weighted by Crippen LogP contribution is -2.66. The molecule has 2 aliphatic heterocycles. The van der Waals surface area contributed by atoms with Crippen LogP contribution in [0.3, 0.4) is 0 Å². The Balaban J connectivity index is 1.85. The summed E-state index contributed by atoms with van der Waals surface area (Å²) in [5.74, 6) is 0. The predicted octanol–water partition coefficient (Wildman–Crippen LogP) is 3.64. The van der Waals surface area contributed by atoms with Crippen LogP contribution >= 0.6 is 0 Å². The van der Waals surface area contributed by atoms with Crippen LogP contribution in [0.4, 0.5) is 0 Å². The van der Waals surface area contributed by atoms with E-state index in [9.17, 15) is 5.11 Å². The first-order valence-corrected chi connectivity index (χ1v) is 12.3. The van der Waals surface area contributed by atoms with E-state index in [-0.39, 0.29) is 23.9 Å². The van der Waals surface area contributed by atoms with Crippen molar-refractivity contribution in [3.05, 3.63) is 35.9 Å². The second-order valence-electron chi connectivity index (χ2n) is 9.18. The van der Waals surface area contributed by atoms with E-state index < -0.39 is 26.3 Å². The maximum Gasteiger partial charge on any atom is 0.192 e. The van der Waals surface area contributed by atoms with Gasteiger partial charge in [0.25, 0.3) is 0 Å². The van der Waals surface area contributed by atoms with Gasteiger partial charge in [0.1, 0.15) is 23.9 Å². The van der Waals surface area contributed by atoms with Gasteiger partial charge in [-0.3, -0.25) is 0 Å². The molecule has 0 bridgehead atoms. The lowest BCUT2D eigenvalue weighted by Gasteiger charge is -2.52. The summed E-state index contributed by atoms with van der Waals surface area (Å²) in [5, 5.41) is 11.1. The minimum absolute atomic E-state index is 0.0425. The molecule has 1 aromatic rings. The van der Waals surface area contributed by atoms with Crippen LogP contribution in [0.25, 0.3) is 0 Å². The lowest BCUT2D eigenvalue weighted by atomic mass is 9.89. The average Bonchev–Trinajstić information content (AvgIpc) is 2.57. The molecule has 2 heterocycles. The highest BCUT2D eigenvalue weighted by atomic mass is 28.4. The van der Waals surface area contributed by atoms with Crippen molar-refractivity contribution in [2.75, 3.05) is 13.2 Å². The van der Waals surface area contributed by atoms with Crippen LogP contribution in [-0.2, 0) is 18.6 Å². The topological polar surface area (TPSA) is 57.2 Å². The van der Waals surface area contributed by atoms with Gasteiger partial charge in [0.05, 0.1) is 13.2 Å². The molecule has 0 aliphatic carbocycles. The molecule has 0 saturated carbocycles. The third kappa shape index (κ3) is 3.91. The Morgan fingerprint density at radius 3 is 2.42 bits per heavy atom. The second kappa shape index (κ2) is 7.00. The molecule has 1 unspecified atom stereocenters. The number of rotatable bonds is 3. The zero-order chi connectivity index (χ0) is 19.2. The fraction of sp³-hybridized carbons (Fsp3) is 0.700. The number of ether oxygens (including phenoxy) is 3. The molecule has 1 N–H and O–H groups in total. The van der Waals surface area contributed by atoms with Gasteiger partial charge in [0, 0.05) is 5.56 Å². The van der Waals surface area contributed by atoms with Gasteiger partial charge in [-0.05, 0) is 25.1 Å². The molecule has 2 fully saturated rings.